The average Bonchev–Trinajstić information content (AvgIpc) is 3.24. The molecule has 0 spiro atoms. The summed E-state index contributed by atoms with van der Waals surface area (Å²) in [4.78, 5) is 24.8. The molecule has 2 heterocycles. The van der Waals surface area contributed by atoms with Gasteiger partial charge in [0.1, 0.15) is 10.7 Å². The summed E-state index contributed by atoms with van der Waals surface area (Å²) in [7, 11) is 0. The second-order valence-corrected chi connectivity index (χ2v) is 6.74. The van der Waals surface area contributed by atoms with E-state index in [9.17, 15) is 4.79 Å². The molecular formula is C21H16N4OS. The fourth-order valence-electron chi connectivity index (χ4n) is 2.65. The third kappa shape index (κ3) is 4.07. The Morgan fingerprint density at radius 2 is 1.85 bits per heavy atom. The number of benzene rings is 2. The highest BCUT2D eigenvalue weighted by Crippen LogP contribution is 2.29. The Morgan fingerprint density at radius 3 is 2.67 bits per heavy atom. The van der Waals surface area contributed by atoms with Crippen molar-refractivity contribution in [2.24, 2.45) is 0 Å². The minimum Gasteiger partial charge on any atom is -0.347 e. The molecule has 4 aromatic rings. The van der Waals surface area contributed by atoms with Crippen molar-refractivity contribution >= 4 is 17.2 Å². The van der Waals surface area contributed by atoms with Gasteiger partial charge in [0.05, 0.1) is 11.9 Å². The minimum absolute atomic E-state index is 0.242. The summed E-state index contributed by atoms with van der Waals surface area (Å²) >= 11 is 1.61. The number of amides is 1. The first-order chi connectivity index (χ1) is 13.3. The molecule has 4 rings (SSSR count). The second-order valence-electron chi connectivity index (χ2n) is 5.88. The maximum atomic E-state index is 12.1. The molecule has 1 amide bonds. The summed E-state index contributed by atoms with van der Waals surface area (Å²) in [5.74, 6) is -0.242. The van der Waals surface area contributed by atoms with E-state index in [1.165, 1.54) is 18.6 Å². The summed E-state index contributed by atoms with van der Waals surface area (Å²) < 4.78 is 0. The van der Waals surface area contributed by atoms with Crippen molar-refractivity contribution in [3.63, 3.8) is 0 Å². The molecule has 0 aliphatic heterocycles. The molecule has 132 valence electrons. The van der Waals surface area contributed by atoms with Crippen LogP contribution in [0, 0.1) is 0 Å². The van der Waals surface area contributed by atoms with Crippen LogP contribution in [0.25, 0.3) is 21.8 Å². The first kappa shape index (κ1) is 17.1. The molecule has 6 heteroatoms. The number of rotatable bonds is 5. The van der Waals surface area contributed by atoms with Gasteiger partial charge in [0.2, 0.25) is 0 Å². The van der Waals surface area contributed by atoms with E-state index in [1.807, 2.05) is 42.5 Å². The van der Waals surface area contributed by atoms with Gasteiger partial charge in [-0.3, -0.25) is 9.78 Å². The van der Waals surface area contributed by atoms with Crippen LogP contribution in [0.1, 0.15) is 16.1 Å². The number of carbonyl (C=O) groups is 1. The van der Waals surface area contributed by atoms with E-state index in [-0.39, 0.29) is 5.91 Å². The molecule has 5 nitrogen and oxygen atoms in total. The highest BCUT2D eigenvalue weighted by molar-refractivity contribution is 7.13. The van der Waals surface area contributed by atoms with E-state index < -0.39 is 0 Å². The topological polar surface area (TPSA) is 67.8 Å². The quantitative estimate of drug-likeness (QED) is 0.570. The first-order valence-electron chi connectivity index (χ1n) is 8.44. The number of thiazole rings is 1. The zero-order chi connectivity index (χ0) is 18.5. The summed E-state index contributed by atoms with van der Waals surface area (Å²) in [6.07, 6.45) is 4.49. The van der Waals surface area contributed by atoms with Gasteiger partial charge in [0, 0.05) is 35.4 Å². The standard InChI is InChI=1S/C21H16N4OS/c26-20(18-13-22-9-10-23-18)24-12-15-5-4-8-17(11-15)21-25-19(14-27-21)16-6-2-1-3-7-16/h1-11,13-14H,12H2,(H,24,26). The summed E-state index contributed by atoms with van der Waals surface area (Å²) in [5.41, 5.74) is 4.42. The Labute approximate surface area is 160 Å². The fourth-order valence-corrected chi connectivity index (χ4v) is 3.48. The van der Waals surface area contributed by atoms with Crippen molar-refractivity contribution in [1.29, 1.82) is 0 Å². The second kappa shape index (κ2) is 7.88. The fraction of sp³-hybridized carbons (Fsp3) is 0.0476. The molecule has 0 fully saturated rings. The van der Waals surface area contributed by atoms with E-state index in [0.29, 0.717) is 12.2 Å². The highest BCUT2D eigenvalue weighted by Gasteiger charge is 2.09. The zero-order valence-electron chi connectivity index (χ0n) is 14.4. The third-order valence-corrected chi connectivity index (χ3v) is 4.89. The predicted octanol–water partition coefficient (Wildman–Crippen LogP) is 4.20. The van der Waals surface area contributed by atoms with Crippen molar-refractivity contribution in [3.05, 3.63) is 89.8 Å². The lowest BCUT2D eigenvalue weighted by atomic mass is 10.1. The number of hydrogen-bond donors (Lipinski definition) is 1. The monoisotopic (exact) mass is 372 g/mol. The smallest absolute Gasteiger partial charge is 0.271 e. The van der Waals surface area contributed by atoms with Gasteiger partial charge in [-0.25, -0.2) is 9.97 Å². The van der Waals surface area contributed by atoms with Crippen LogP contribution >= 0.6 is 11.3 Å². The lowest BCUT2D eigenvalue weighted by molar-refractivity contribution is 0.0945. The molecule has 1 N–H and O–H groups in total. The van der Waals surface area contributed by atoms with Crippen LogP contribution in [-0.2, 0) is 6.54 Å². The molecule has 27 heavy (non-hydrogen) atoms. The van der Waals surface area contributed by atoms with Crippen LogP contribution in [-0.4, -0.2) is 20.9 Å². The van der Waals surface area contributed by atoms with Crippen molar-refractivity contribution < 1.29 is 4.79 Å². The van der Waals surface area contributed by atoms with Crippen molar-refractivity contribution in [3.8, 4) is 21.8 Å². The molecule has 0 radical (unpaired) electrons. The number of hydrogen-bond acceptors (Lipinski definition) is 5. The highest BCUT2D eigenvalue weighted by atomic mass is 32.1. The van der Waals surface area contributed by atoms with Crippen LogP contribution < -0.4 is 5.32 Å². The van der Waals surface area contributed by atoms with Gasteiger partial charge in [-0.1, -0.05) is 48.5 Å². The Morgan fingerprint density at radius 1 is 1.00 bits per heavy atom. The summed E-state index contributed by atoms with van der Waals surface area (Å²) in [6.45, 7) is 0.417. The van der Waals surface area contributed by atoms with Gasteiger partial charge in [-0.15, -0.1) is 11.3 Å². The lowest BCUT2D eigenvalue weighted by Gasteiger charge is -2.06. The average molecular weight is 372 g/mol. The number of carbonyl (C=O) groups excluding carboxylic acids is 1. The third-order valence-electron chi connectivity index (χ3n) is 4.00. The van der Waals surface area contributed by atoms with E-state index in [0.717, 1.165) is 27.4 Å². The van der Waals surface area contributed by atoms with Gasteiger partial charge >= 0.3 is 0 Å². The first-order valence-corrected chi connectivity index (χ1v) is 9.32. The van der Waals surface area contributed by atoms with Crippen LogP contribution in [0.4, 0.5) is 0 Å². The van der Waals surface area contributed by atoms with Gasteiger partial charge in [-0.2, -0.15) is 0 Å². The zero-order valence-corrected chi connectivity index (χ0v) is 15.2. The lowest BCUT2D eigenvalue weighted by Crippen LogP contribution is -2.23. The molecule has 0 unspecified atom stereocenters. The molecule has 0 aliphatic rings. The van der Waals surface area contributed by atoms with Crippen molar-refractivity contribution in [2.45, 2.75) is 6.54 Å². The molecular weight excluding hydrogens is 356 g/mol. The maximum absolute atomic E-state index is 12.1. The number of nitrogens with zero attached hydrogens (tertiary/aromatic N) is 3. The minimum atomic E-state index is -0.242. The van der Waals surface area contributed by atoms with Crippen LogP contribution in [0.15, 0.2) is 78.6 Å². The van der Waals surface area contributed by atoms with Crippen molar-refractivity contribution in [2.75, 3.05) is 0 Å². The van der Waals surface area contributed by atoms with Gasteiger partial charge < -0.3 is 5.32 Å². The number of nitrogens with one attached hydrogen (secondary N) is 1. The van der Waals surface area contributed by atoms with Crippen LogP contribution in [0.2, 0.25) is 0 Å². The van der Waals surface area contributed by atoms with Gasteiger partial charge in [0.15, 0.2) is 0 Å². The molecule has 0 atom stereocenters. The SMILES string of the molecule is O=C(NCc1cccc(-c2nc(-c3ccccc3)cs2)c1)c1cnccn1. The molecule has 2 aromatic carbocycles. The Bertz CT molecular complexity index is 1050. The Balaban J connectivity index is 1.48. The van der Waals surface area contributed by atoms with Crippen LogP contribution in [0.3, 0.4) is 0 Å². The van der Waals surface area contributed by atoms with Gasteiger partial charge in [0.25, 0.3) is 5.91 Å². The maximum Gasteiger partial charge on any atom is 0.271 e. The molecule has 0 saturated carbocycles. The number of aromatic nitrogens is 3. The van der Waals surface area contributed by atoms with Gasteiger partial charge in [-0.05, 0) is 11.6 Å². The molecule has 0 saturated heterocycles. The van der Waals surface area contributed by atoms with Crippen molar-refractivity contribution in [1.82, 2.24) is 20.3 Å². The molecule has 0 aliphatic carbocycles. The summed E-state index contributed by atoms with van der Waals surface area (Å²) in [6, 6.07) is 18.1. The Kier molecular flexibility index (Phi) is 4.98. The normalized spacial score (nSPS) is 10.5. The largest absolute Gasteiger partial charge is 0.347 e. The predicted molar refractivity (Wildman–Crippen MR) is 106 cm³/mol. The van der Waals surface area contributed by atoms with E-state index in [1.54, 1.807) is 11.3 Å². The Hall–Kier alpha value is -3.38. The van der Waals surface area contributed by atoms with E-state index in [4.69, 9.17) is 4.98 Å². The summed E-state index contributed by atoms with van der Waals surface area (Å²) in [5, 5.41) is 5.88. The van der Waals surface area contributed by atoms with E-state index >= 15 is 0 Å². The van der Waals surface area contributed by atoms with E-state index in [2.05, 4.69) is 32.8 Å². The molecule has 0 bridgehead atoms. The molecule has 2 aromatic heterocycles. The van der Waals surface area contributed by atoms with Crippen LogP contribution in [0.5, 0.6) is 0 Å².